The van der Waals surface area contributed by atoms with Gasteiger partial charge in [0.15, 0.2) is 0 Å². The molecule has 0 aromatic rings. The second kappa shape index (κ2) is 5.67. The maximum atomic E-state index is 5.19. The van der Waals surface area contributed by atoms with Crippen LogP contribution in [0.5, 0.6) is 0 Å². The molecule has 90 valence electrons. The van der Waals surface area contributed by atoms with Gasteiger partial charge in [0.05, 0.1) is 0 Å². The zero-order chi connectivity index (χ0) is 11.5. The third kappa shape index (κ3) is 4.07. The summed E-state index contributed by atoms with van der Waals surface area (Å²) in [5, 5.41) is 0. The number of hydrogen-bond donors (Lipinski definition) is 0. The van der Waals surface area contributed by atoms with Gasteiger partial charge in [0.1, 0.15) is 0 Å². The first-order valence-corrected chi connectivity index (χ1v) is 6.99. The molecule has 0 amide bonds. The molecule has 0 heterocycles. The predicted octanol–water partition coefficient (Wildman–Crippen LogP) is 4.25. The van der Waals surface area contributed by atoms with Crippen molar-refractivity contribution in [1.82, 2.24) is 0 Å². The number of rotatable bonds is 3. The number of halogens is 1. The maximum Gasteiger partial charge on any atom is 0.0465 e. The van der Waals surface area contributed by atoms with Crippen LogP contribution in [-0.2, 0) is 4.74 Å². The van der Waals surface area contributed by atoms with E-state index in [1.165, 1.54) is 25.7 Å². The lowest BCUT2D eigenvalue weighted by Crippen LogP contribution is -2.32. The SMILES string of the molecule is COCCC1CC(C(C)(C)C)CCC1Br. The van der Waals surface area contributed by atoms with Gasteiger partial charge in [0.25, 0.3) is 0 Å². The third-order valence-electron chi connectivity index (χ3n) is 3.81. The molecule has 3 unspecified atom stereocenters. The molecule has 0 spiro atoms. The summed E-state index contributed by atoms with van der Waals surface area (Å²) in [6, 6.07) is 0. The van der Waals surface area contributed by atoms with Crippen LogP contribution in [0.4, 0.5) is 0 Å². The summed E-state index contributed by atoms with van der Waals surface area (Å²) in [5.74, 6) is 1.69. The average molecular weight is 277 g/mol. The van der Waals surface area contributed by atoms with E-state index in [4.69, 9.17) is 4.74 Å². The van der Waals surface area contributed by atoms with Crippen LogP contribution in [0.2, 0.25) is 0 Å². The highest BCUT2D eigenvalue weighted by Crippen LogP contribution is 2.43. The first-order chi connectivity index (χ1) is 6.95. The lowest BCUT2D eigenvalue weighted by molar-refractivity contribution is 0.116. The molecule has 2 heteroatoms. The van der Waals surface area contributed by atoms with Gasteiger partial charge in [-0.25, -0.2) is 0 Å². The minimum absolute atomic E-state index is 0.471. The number of hydrogen-bond acceptors (Lipinski definition) is 1. The van der Waals surface area contributed by atoms with Crippen LogP contribution >= 0.6 is 15.9 Å². The van der Waals surface area contributed by atoms with Crippen LogP contribution in [0.25, 0.3) is 0 Å². The lowest BCUT2D eigenvalue weighted by Gasteiger charge is -2.40. The summed E-state index contributed by atoms with van der Waals surface area (Å²) in [5.41, 5.74) is 0.471. The third-order valence-corrected chi connectivity index (χ3v) is 5.01. The van der Waals surface area contributed by atoms with Gasteiger partial charge in [-0.05, 0) is 42.9 Å². The zero-order valence-electron chi connectivity index (χ0n) is 10.6. The average Bonchev–Trinajstić information content (AvgIpc) is 2.15. The quantitative estimate of drug-likeness (QED) is 0.701. The van der Waals surface area contributed by atoms with E-state index >= 15 is 0 Å². The van der Waals surface area contributed by atoms with Crippen LogP contribution in [0.1, 0.15) is 46.5 Å². The Morgan fingerprint density at radius 2 is 1.93 bits per heavy atom. The van der Waals surface area contributed by atoms with Crippen LogP contribution < -0.4 is 0 Å². The molecule has 0 N–H and O–H groups in total. The first-order valence-electron chi connectivity index (χ1n) is 6.08. The Balaban J connectivity index is 2.48. The molecule has 0 aromatic heterocycles. The Morgan fingerprint density at radius 1 is 1.27 bits per heavy atom. The van der Waals surface area contributed by atoms with Crippen LogP contribution in [-0.4, -0.2) is 18.5 Å². The first kappa shape index (κ1) is 13.5. The summed E-state index contributed by atoms with van der Waals surface area (Å²) in [4.78, 5) is 0.714. The topological polar surface area (TPSA) is 9.23 Å². The van der Waals surface area contributed by atoms with Gasteiger partial charge in [0, 0.05) is 18.5 Å². The molecule has 15 heavy (non-hydrogen) atoms. The number of methoxy groups -OCH3 is 1. The highest BCUT2D eigenvalue weighted by atomic mass is 79.9. The largest absolute Gasteiger partial charge is 0.385 e. The van der Waals surface area contributed by atoms with Crippen molar-refractivity contribution in [3.8, 4) is 0 Å². The molecule has 1 fully saturated rings. The Morgan fingerprint density at radius 3 is 2.47 bits per heavy atom. The minimum Gasteiger partial charge on any atom is -0.385 e. The van der Waals surface area contributed by atoms with Gasteiger partial charge in [0.2, 0.25) is 0 Å². The van der Waals surface area contributed by atoms with E-state index in [1.54, 1.807) is 7.11 Å². The summed E-state index contributed by atoms with van der Waals surface area (Å²) >= 11 is 3.82. The van der Waals surface area contributed by atoms with E-state index < -0.39 is 0 Å². The van der Waals surface area contributed by atoms with E-state index in [9.17, 15) is 0 Å². The fourth-order valence-electron chi connectivity index (χ4n) is 2.58. The van der Waals surface area contributed by atoms with Crippen molar-refractivity contribution in [1.29, 1.82) is 0 Å². The Hall–Kier alpha value is 0.440. The monoisotopic (exact) mass is 276 g/mol. The van der Waals surface area contributed by atoms with Crippen molar-refractivity contribution >= 4 is 15.9 Å². The van der Waals surface area contributed by atoms with E-state index in [-0.39, 0.29) is 0 Å². The predicted molar refractivity (Wildman–Crippen MR) is 69.5 cm³/mol. The van der Waals surface area contributed by atoms with Crippen molar-refractivity contribution < 1.29 is 4.74 Å². The minimum atomic E-state index is 0.471. The van der Waals surface area contributed by atoms with Crippen molar-refractivity contribution in [3.63, 3.8) is 0 Å². The van der Waals surface area contributed by atoms with E-state index in [2.05, 4.69) is 36.7 Å². The van der Waals surface area contributed by atoms with Gasteiger partial charge in [-0.3, -0.25) is 0 Å². The fourth-order valence-corrected chi connectivity index (χ4v) is 3.33. The molecule has 0 aromatic carbocycles. The van der Waals surface area contributed by atoms with E-state index in [0.717, 1.165) is 18.4 Å². The van der Waals surface area contributed by atoms with Gasteiger partial charge in [-0.2, -0.15) is 0 Å². The molecule has 0 bridgehead atoms. The second-order valence-electron chi connectivity index (χ2n) is 5.93. The molecular weight excluding hydrogens is 252 g/mol. The van der Waals surface area contributed by atoms with Crippen molar-refractivity contribution in [2.75, 3.05) is 13.7 Å². The van der Waals surface area contributed by atoms with E-state index in [1.807, 2.05) is 0 Å². The molecule has 3 atom stereocenters. The summed E-state index contributed by atoms with van der Waals surface area (Å²) in [6.07, 6.45) is 5.28. The molecule has 0 saturated heterocycles. The summed E-state index contributed by atoms with van der Waals surface area (Å²) in [7, 11) is 1.80. The number of ether oxygens (including phenoxy) is 1. The van der Waals surface area contributed by atoms with Crippen molar-refractivity contribution in [2.45, 2.75) is 51.3 Å². The summed E-state index contributed by atoms with van der Waals surface area (Å²) < 4.78 is 5.19. The molecule has 0 aliphatic heterocycles. The Bertz CT molecular complexity index is 185. The summed E-state index contributed by atoms with van der Waals surface area (Å²) in [6.45, 7) is 8.03. The van der Waals surface area contributed by atoms with Crippen LogP contribution in [0.3, 0.4) is 0 Å². The molecule has 0 radical (unpaired) electrons. The molecule has 1 nitrogen and oxygen atoms in total. The van der Waals surface area contributed by atoms with Gasteiger partial charge in [-0.15, -0.1) is 0 Å². The second-order valence-corrected chi connectivity index (χ2v) is 7.11. The van der Waals surface area contributed by atoms with Crippen molar-refractivity contribution in [3.05, 3.63) is 0 Å². The molecule has 1 aliphatic rings. The smallest absolute Gasteiger partial charge is 0.0465 e. The van der Waals surface area contributed by atoms with Crippen LogP contribution in [0.15, 0.2) is 0 Å². The van der Waals surface area contributed by atoms with Crippen LogP contribution in [0, 0.1) is 17.3 Å². The fraction of sp³-hybridized carbons (Fsp3) is 1.00. The Labute approximate surface area is 103 Å². The molecule has 1 aliphatic carbocycles. The molecule has 1 rings (SSSR count). The Kier molecular flexibility index (Phi) is 5.11. The standard InChI is InChI=1S/C13H25BrO/c1-13(2,3)11-5-6-12(14)10(9-11)7-8-15-4/h10-12H,5-9H2,1-4H3. The van der Waals surface area contributed by atoms with Gasteiger partial charge in [-0.1, -0.05) is 36.7 Å². The normalized spacial score (nSPS) is 33.0. The molecular formula is C13H25BrO. The maximum absolute atomic E-state index is 5.19. The van der Waals surface area contributed by atoms with Gasteiger partial charge >= 0.3 is 0 Å². The van der Waals surface area contributed by atoms with Gasteiger partial charge < -0.3 is 4.74 Å². The molecule has 1 saturated carbocycles. The lowest BCUT2D eigenvalue weighted by atomic mass is 9.68. The highest BCUT2D eigenvalue weighted by Gasteiger charge is 2.34. The van der Waals surface area contributed by atoms with E-state index in [0.29, 0.717) is 10.2 Å². The number of alkyl halides is 1. The van der Waals surface area contributed by atoms with Crippen molar-refractivity contribution in [2.24, 2.45) is 17.3 Å². The highest BCUT2D eigenvalue weighted by molar-refractivity contribution is 9.09. The zero-order valence-corrected chi connectivity index (χ0v) is 12.1.